The number of amides is 1. The first-order valence-corrected chi connectivity index (χ1v) is 7.80. The van der Waals surface area contributed by atoms with Gasteiger partial charge in [-0.25, -0.2) is 0 Å². The average molecular weight is 285 g/mol. The first-order valence-electron chi connectivity index (χ1n) is 7.80. The van der Waals surface area contributed by atoms with Gasteiger partial charge in [0.25, 0.3) is 0 Å². The van der Waals surface area contributed by atoms with Gasteiger partial charge < -0.3 is 20.2 Å². The van der Waals surface area contributed by atoms with Gasteiger partial charge in [0.2, 0.25) is 5.91 Å². The summed E-state index contributed by atoms with van der Waals surface area (Å²) in [6.07, 6.45) is 3.14. The van der Waals surface area contributed by atoms with Crippen molar-refractivity contribution < 1.29 is 9.90 Å². The van der Waals surface area contributed by atoms with Gasteiger partial charge >= 0.3 is 0 Å². The molecule has 118 valence electrons. The smallest absolute Gasteiger partial charge is 0.216 e. The van der Waals surface area contributed by atoms with E-state index in [1.165, 1.54) is 19.8 Å². The number of hydrogen-bond acceptors (Lipinski definition) is 4. The monoisotopic (exact) mass is 285 g/mol. The van der Waals surface area contributed by atoms with Crippen molar-refractivity contribution in [3.05, 3.63) is 0 Å². The zero-order valence-electron chi connectivity index (χ0n) is 13.3. The molecular formula is C15H31N3O2. The maximum atomic E-state index is 10.7. The number of hydrogen-bond donors (Lipinski definition) is 2. The van der Waals surface area contributed by atoms with Crippen LogP contribution in [0.25, 0.3) is 0 Å². The van der Waals surface area contributed by atoms with Crippen molar-refractivity contribution >= 4 is 5.91 Å². The number of aliphatic hydroxyl groups is 1. The van der Waals surface area contributed by atoms with Crippen molar-refractivity contribution in [1.29, 1.82) is 0 Å². The van der Waals surface area contributed by atoms with E-state index in [2.05, 4.69) is 22.0 Å². The average Bonchev–Trinajstić information content (AvgIpc) is 2.37. The van der Waals surface area contributed by atoms with Gasteiger partial charge in [-0.2, -0.15) is 0 Å². The molecule has 5 heteroatoms. The summed E-state index contributed by atoms with van der Waals surface area (Å²) in [4.78, 5) is 15.2. The Bertz CT molecular complexity index is 278. The van der Waals surface area contributed by atoms with Crippen LogP contribution in [-0.4, -0.2) is 73.2 Å². The van der Waals surface area contributed by atoms with Gasteiger partial charge in [-0.3, -0.25) is 4.79 Å². The Morgan fingerprint density at radius 1 is 1.45 bits per heavy atom. The predicted octanol–water partition coefficient (Wildman–Crippen LogP) is 0.537. The third kappa shape index (κ3) is 7.82. The highest BCUT2D eigenvalue weighted by Crippen LogP contribution is 2.15. The van der Waals surface area contributed by atoms with Crippen molar-refractivity contribution in [2.24, 2.45) is 5.92 Å². The van der Waals surface area contributed by atoms with Crippen LogP contribution in [0.4, 0.5) is 0 Å². The first-order chi connectivity index (χ1) is 9.47. The topological polar surface area (TPSA) is 55.8 Å². The Kier molecular flexibility index (Phi) is 8.11. The minimum absolute atomic E-state index is 0.0204. The van der Waals surface area contributed by atoms with E-state index in [1.54, 1.807) is 0 Å². The summed E-state index contributed by atoms with van der Waals surface area (Å²) in [7, 11) is 2.02. The van der Waals surface area contributed by atoms with Crippen LogP contribution in [0.15, 0.2) is 0 Å². The molecule has 0 aliphatic carbocycles. The Morgan fingerprint density at radius 3 is 2.70 bits per heavy atom. The maximum absolute atomic E-state index is 10.7. The number of carbonyl (C=O) groups is 1. The summed E-state index contributed by atoms with van der Waals surface area (Å²) in [5.41, 5.74) is 0. The van der Waals surface area contributed by atoms with E-state index in [9.17, 15) is 9.90 Å². The highest BCUT2D eigenvalue weighted by Gasteiger charge is 2.18. The second kappa shape index (κ2) is 9.32. The Hall–Kier alpha value is -0.650. The van der Waals surface area contributed by atoms with E-state index in [1.807, 2.05) is 7.05 Å². The summed E-state index contributed by atoms with van der Waals surface area (Å²) in [6.45, 7) is 9.15. The SMILES string of the molecule is CC(=O)NCCCN(C)CC(O)CN1CCC(C)CC1. The largest absolute Gasteiger partial charge is 0.390 e. The Morgan fingerprint density at radius 2 is 2.10 bits per heavy atom. The second-order valence-corrected chi connectivity index (χ2v) is 6.24. The van der Waals surface area contributed by atoms with Crippen molar-refractivity contribution in [1.82, 2.24) is 15.1 Å². The maximum Gasteiger partial charge on any atom is 0.216 e. The number of piperidine rings is 1. The van der Waals surface area contributed by atoms with Gasteiger partial charge in [0.1, 0.15) is 0 Å². The number of carbonyl (C=O) groups excluding carboxylic acids is 1. The summed E-state index contributed by atoms with van der Waals surface area (Å²) < 4.78 is 0. The highest BCUT2D eigenvalue weighted by molar-refractivity contribution is 5.72. The van der Waals surface area contributed by atoms with Crippen molar-refractivity contribution in [3.63, 3.8) is 0 Å². The van der Waals surface area contributed by atoms with Gasteiger partial charge in [-0.05, 0) is 51.9 Å². The molecule has 1 aliphatic rings. The Balaban J connectivity index is 2.08. The van der Waals surface area contributed by atoms with Gasteiger partial charge in [0.05, 0.1) is 6.10 Å². The molecule has 0 spiro atoms. The van der Waals surface area contributed by atoms with Crippen LogP contribution in [0, 0.1) is 5.92 Å². The van der Waals surface area contributed by atoms with Crippen LogP contribution in [0.3, 0.4) is 0 Å². The molecule has 0 aromatic rings. The molecule has 5 nitrogen and oxygen atoms in total. The van der Waals surface area contributed by atoms with Gasteiger partial charge in [-0.1, -0.05) is 6.92 Å². The van der Waals surface area contributed by atoms with E-state index in [4.69, 9.17) is 0 Å². The van der Waals surface area contributed by atoms with Crippen LogP contribution in [0.1, 0.15) is 33.1 Å². The molecule has 1 unspecified atom stereocenters. The molecule has 1 heterocycles. The van der Waals surface area contributed by atoms with E-state index in [-0.39, 0.29) is 12.0 Å². The molecule has 20 heavy (non-hydrogen) atoms. The number of likely N-dealkylation sites (tertiary alicyclic amines) is 1. The molecule has 0 radical (unpaired) electrons. The van der Waals surface area contributed by atoms with Crippen molar-refractivity contribution in [2.45, 2.75) is 39.2 Å². The van der Waals surface area contributed by atoms with Crippen LogP contribution in [0.2, 0.25) is 0 Å². The fraction of sp³-hybridized carbons (Fsp3) is 0.933. The summed E-state index contributed by atoms with van der Waals surface area (Å²) in [6, 6.07) is 0. The predicted molar refractivity (Wildman–Crippen MR) is 81.6 cm³/mol. The second-order valence-electron chi connectivity index (χ2n) is 6.24. The number of nitrogens with zero attached hydrogens (tertiary/aromatic N) is 2. The molecule has 1 rings (SSSR count). The van der Waals surface area contributed by atoms with Crippen LogP contribution in [0.5, 0.6) is 0 Å². The number of β-amino-alcohol motifs (C(OH)–C–C–N with tert-alkyl or cyclic N) is 1. The van der Waals surface area contributed by atoms with Gasteiger partial charge in [-0.15, -0.1) is 0 Å². The van der Waals surface area contributed by atoms with Gasteiger partial charge in [0.15, 0.2) is 0 Å². The minimum atomic E-state index is -0.283. The van der Waals surface area contributed by atoms with Crippen LogP contribution in [-0.2, 0) is 4.79 Å². The van der Waals surface area contributed by atoms with E-state index in [0.29, 0.717) is 13.1 Å². The third-order valence-corrected chi connectivity index (χ3v) is 3.96. The zero-order valence-corrected chi connectivity index (χ0v) is 13.3. The molecule has 1 saturated heterocycles. The zero-order chi connectivity index (χ0) is 15.0. The van der Waals surface area contributed by atoms with Crippen LogP contribution < -0.4 is 5.32 Å². The van der Waals surface area contributed by atoms with Crippen molar-refractivity contribution in [2.75, 3.05) is 46.3 Å². The summed E-state index contributed by atoms with van der Waals surface area (Å²) in [5.74, 6) is 0.854. The molecular weight excluding hydrogens is 254 g/mol. The number of rotatable bonds is 8. The molecule has 1 atom stereocenters. The molecule has 0 aromatic heterocycles. The lowest BCUT2D eigenvalue weighted by atomic mass is 9.99. The first kappa shape index (κ1) is 17.4. The molecule has 1 amide bonds. The molecule has 1 fully saturated rings. The minimum Gasteiger partial charge on any atom is -0.390 e. The molecule has 1 aliphatic heterocycles. The third-order valence-electron chi connectivity index (χ3n) is 3.96. The Labute approximate surface area is 123 Å². The summed E-state index contributed by atoms with van der Waals surface area (Å²) in [5, 5.41) is 12.9. The molecule has 0 bridgehead atoms. The fourth-order valence-electron chi connectivity index (χ4n) is 2.66. The van der Waals surface area contributed by atoms with E-state index >= 15 is 0 Å². The molecule has 0 aromatic carbocycles. The number of nitrogens with one attached hydrogen (secondary N) is 1. The van der Waals surface area contributed by atoms with Gasteiger partial charge in [0, 0.05) is 26.6 Å². The molecule has 0 saturated carbocycles. The normalized spacial score (nSPS) is 19.2. The quantitative estimate of drug-likeness (QED) is 0.639. The highest BCUT2D eigenvalue weighted by atomic mass is 16.3. The standard InChI is InChI=1S/C15H31N3O2/c1-13-5-9-18(10-6-13)12-15(20)11-17(3)8-4-7-16-14(2)19/h13,15,20H,4-12H2,1-3H3,(H,16,19). The molecule has 2 N–H and O–H groups in total. The number of likely N-dealkylation sites (N-methyl/N-ethyl adjacent to an activating group) is 1. The fourth-order valence-corrected chi connectivity index (χ4v) is 2.66. The number of aliphatic hydroxyl groups excluding tert-OH is 1. The lowest BCUT2D eigenvalue weighted by molar-refractivity contribution is -0.118. The lowest BCUT2D eigenvalue weighted by Gasteiger charge is -2.32. The lowest BCUT2D eigenvalue weighted by Crippen LogP contribution is -2.42. The summed E-state index contributed by atoms with van der Waals surface area (Å²) >= 11 is 0. The van der Waals surface area contributed by atoms with E-state index < -0.39 is 0 Å². The van der Waals surface area contributed by atoms with Crippen LogP contribution >= 0.6 is 0 Å². The van der Waals surface area contributed by atoms with Crippen molar-refractivity contribution in [3.8, 4) is 0 Å². The van der Waals surface area contributed by atoms with E-state index in [0.717, 1.165) is 38.5 Å².